The van der Waals surface area contributed by atoms with Gasteiger partial charge in [-0.3, -0.25) is 14.5 Å². The van der Waals surface area contributed by atoms with Gasteiger partial charge < -0.3 is 19.9 Å². The van der Waals surface area contributed by atoms with E-state index in [4.69, 9.17) is 16.4 Å². The molecule has 40 heavy (non-hydrogen) atoms. The summed E-state index contributed by atoms with van der Waals surface area (Å²) in [6, 6.07) is 3.92. The molecule has 0 atom stereocenters. The van der Waals surface area contributed by atoms with Gasteiger partial charge >= 0.3 is 5.97 Å². The van der Waals surface area contributed by atoms with Gasteiger partial charge in [0.1, 0.15) is 0 Å². The number of hydrogen-bond donors (Lipinski definition) is 1. The fourth-order valence-corrected chi connectivity index (χ4v) is 4.34. The van der Waals surface area contributed by atoms with Crippen molar-refractivity contribution in [2.45, 2.75) is 6.42 Å². The molecule has 206 valence electrons. The predicted octanol–water partition coefficient (Wildman–Crippen LogP) is 3.79. The van der Waals surface area contributed by atoms with E-state index in [2.05, 4.69) is 10.1 Å². The summed E-state index contributed by atoms with van der Waals surface area (Å²) in [5.74, 6) is -3.03. The summed E-state index contributed by atoms with van der Waals surface area (Å²) < 4.78 is 106. The summed E-state index contributed by atoms with van der Waals surface area (Å²) >= 11 is 0. The molecule has 2 heterocycles. The third-order valence-corrected chi connectivity index (χ3v) is 6.53. The van der Waals surface area contributed by atoms with Crippen molar-refractivity contribution < 1.29 is 35.6 Å². The third kappa shape index (κ3) is 5.83. The van der Waals surface area contributed by atoms with Gasteiger partial charge in [-0.2, -0.15) is 0 Å². The van der Waals surface area contributed by atoms with Crippen molar-refractivity contribution in [2.75, 3.05) is 64.0 Å². The summed E-state index contributed by atoms with van der Waals surface area (Å²) in [6.07, 6.45) is -0.424. The molecule has 8 heteroatoms. The average molecular weight is 551 g/mol. The Morgan fingerprint density at radius 3 is 2.45 bits per heavy atom. The van der Waals surface area contributed by atoms with Crippen molar-refractivity contribution in [1.82, 2.24) is 9.80 Å². The van der Waals surface area contributed by atoms with Gasteiger partial charge in [0.05, 0.1) is 37.1 Å². The number of methoxy groups -OCH3 is 1. The first-order chi connectivity index (χ1) is 24.2. The molecule has 0 radical (unpaired) electrons. The smallest absolute Gasteiger partial charge is 0.337 e. The SMILES string of the molecule is [2H]c1c([2H])c(N(C)C(=O)C([2H])([2H])N2CCN(C([2H])([2H])[2H])CC2)c([2H])c([2H])c1C/C(=C1\C(=O)Nc2c([2H])c(C(=O)OC)c([2H])c([2H])c21)c1ccccc1. The number of nitrogens with zero attached hydrogens (tertiary/aromatic N) is 3. The van der Waals surface area contributed by atoms with Crippen LogP contribution in [0.15, 0.2) is 72.6 Å². The van der Waals surface area contributed by atoms with Crippen molar-refractivity contribution in [1.29, 1.82) is 0 Å². The zero-order valence-electron chi connectivity index (χ0n) is 33.9. The minimum atomic E-state index is -2.69. The highest BCUT2D eigenvalue weighted by molar-refractivity contribution is 6.37. The second-order valence-corrected chi connectivity index (χ2v) is 9.12. The Bertz CT molecular complexity index is 1980. The number of fused-ring (bicyclic) bond motifs is 1. The van der Waals surface area contributed by atoms with E-state index in [1.807, 2.05) is 0 Å². The van der Waals surface area contributed by atoms with E-state index in [0.29, 0.717) is 10.5 Å². The van der Waals surface area contributed by atoms with E-state index in [1.54, 1.807) is 30.3 Å². The summed E-state index contributed by atoms with van der Waals surface area (Å²) in [5.41, 5.74) is -1.27. The highest BCUT2D eigenvalue weighted by atomic mass is 16.5. The molecule has 1 N–H and O–H groups in total. The second-order valence-electron chi connectivity index (χ2n) is 9.12. The lowest BCUT2D eigenvalue weighted by molar-refractivity contribution is -0.119. The molecule has 0 unspecified atom stereocenters. The molecule has 1 saturated heterocycles. The largest absolute Gasteiger partial charge is 0.465 e. The van der Waals surface area contributed by atoms with Crippen LogP contribution in [-0.4, -0.2) is 81.4 Å². The fraction of sp³-hybridized carbons (Fsp3) is 0.281. The molecule has 0 aliphatic carbocycles. The number of carbonyl (C=O) groups is 3. The van der Waals surface area contributed by atoms with Crippen molar-refractivity contribution >= 4 is 40.3 Å². The number of benzene rings is 3. The third-order valence-electron chi connectivity index (χ3n) is 6.53. The number of hydrogen-bond acceptors (Lipinski definition) is 6. The van der Waals surface area contributed by atoms with Crippen LogP contribution in [0.2, 0.25) is 0 Å². The molecule has 2 aliphatic heterocycles. The van der Waals surface area contributed by atoms with Crippen molar-refractivity contribution in [3.63, 3.8) is 0 Å². The highest BCUT2D eigenvalue weighted by Gasteiger charge is 2.29. The Labute approximate surface area is 251 Å². The van der Waals surface area contributed by atoms with Gasteiger partial charge in [0, 0.05) is 54.3 Å². The zero-order valence-corrected chi connectivity index (χ0v) is 21.9. The van der Waals surface area contributed by atoms with Crippen LogP contribution in [0.25, 0.3) is 11.1 Å². The van der Waals surface area contributed by atoms with Gasteiger partial charge in [0.15, 0.2) is 0 Å². The molecule has 3 aromatic carbocycles. The number of piperazine rings is 1. The maximum atomic E-state index is 13.6. The number of esters is 1. The minimum Gasteiger partial charge on any atom is -0.465 e. The summed E-state index contributed by atoms with van der Waals surface area (Å²) in [5, 5.41) is 2.50. The molecule has 5 rings (SSSR count). The zero-order chi connectivity index (χ0) is 38.6. The molecule has 3 aromatic rings. The molecular weight excluding hydrogens is 504 g/mol. The first-order valence-corrected chi connectivity index (χ1v) is 12.4. The number of nitrogens with one attached hydrogen (secondary N) is 1. The molecule has 8 nitrogen and oxygen atoms in total. The quantitative estimate of drug-likeness (QED) is 0.356. The van der Waals surface area contributed by atoms with Gasteiger partial charge in [-0.05, 0) is 54.3 Å². The lowest BCUT2D eigenvalue weighted by Crippen LogP contribution is -2.48. The molecular formula is C32H34N4O4. The standard InChI is InChI=1S/C32H34N4O4/c1-34-15-17-36(18-16-34)21-29(37)35(2)25-12-9-22(10-13-25)19-27(23-7-5-4-6-8-23)30-26-14-11-24(32(39)40-3)20-28(26)33-31(30)38/h4-14,20H,15-19,21H2,1-3H3,(H,33,38)/b30-27+/i1D3,9D,10D,11D,12D,13D,14D,20D,21D2. The predicted molar refractivity (Wildman–Crippen MR) is 157 cm³/mol. The first-order valence-electron chi connectivity index (χ1n) is 18.4. The van der Waals surface area contributed by atoms with Gasteiger partial charge in [0.2, 0.25) is 5.91 Å². The topological polar surface area (TPSA) is 82.2 Å². The van der Waals surface area contributed by atoms with Gasteiger partial charge in [0.25, 0.3) is 5.91 Å². The highest BCUT2D eigenvalue weighted by Crippen LogP contribution is 2.39. The van der Waals surface area contributed by atoms with Crippen LogP contribution in [0.4, 0.5) is 11.4 Å². The molecule has 2 aliphatic rings. The Morgan fingerprint density at radius 1 is 1.05 bits per heavy atom. The second kappa shape index (κ2) is 11.9. The number of allylic oxidation sites excluding steroid dienone is 1. The van der Waals surface area contributed by atoms with Gasteiger partial charge in [-0.25, -0.2) is 4.79 Å². The van der Waals surface area contributed by atoms with E-state index in [0.717, 1.165) is 19.1 Å². The monoisotopic (exact) mass is 550 g/mol. The van der Waals surface area contributed by atoms with Crippen molar-refractivity contribution in [3.8, 4) is 0 Å². The molecule has 0 aromatic heterocycles. The first kappa shape index (κ1) is 16.1. The van der Waals surface area contributed by atoms with Gasteiger partial charge in [-0.15, -0.1) is 0 Å². The summed E-state index contributed by atoms with van der Waals surface area (Å²) in [7, 11) is 2.17. The van der Waals surface area contributed by atoms with E-state index in [9.17, 15) is 14.4 Å². The Morgan fingerprint density at radius 2 is 1.77 bits per heavy atom. The maximum Gasteiger partial charge on any atom is 0.337 e. The van der Waals surface area contributed by atoms with Crippen molar-refractivity contribution in [2.24, 2.45) is 0 Å². The number of carbonyl (C=O) groups excluding carboxylic acids is 3. The number of anilines is 2. The molecule has 2 amide bonds. The van der Waals surface area contributed by atoms with E-state index in [-0.39, 0.29) is 54.1 Å². The number of amides is 2. The molecule has 0 saturated carbocycles. The van der Waals surface area contributed by atoms with E-state index >= 15 is 0 Å². The summed E-state index contributed by atoms with van der Waals surface area (Å²) in [6.45, 7) is -5.35. The summed E-state index contributed by atoms with van der Waals surface area (Å²) in [4.78, 5) is 42.6. The fourth-order valence-electron chi connectivity index (χ4n) is 4.34. The minimum absolute atomic E-state index is 0.0368. The lowest BCUT2D eigenvalue weighted by atomic mass is 9.90. The van der Waals surface area contributed by atoms with Crippen LogP contribution in [0.1, 0.15) is 43.5 Å². The van der Waals surface area contributed by atoms with Crippen LogP contribution in [0.5, 0.6) is 0 Å². The Kier molecular flexibility index (Phi) is 4.77. The normalized spacial score (nSPS) is 21.7. The Hall–Kier alpha value is -4.27. The van der Waals surface area contributed by atoms with E-state index < -0.39 is 91.2 Å². The molecule has 1 fully saturated rings. The van der Waals surface area contributed by atoms with Gasteiger partial charge in [-0.1, -0.05) is 48.5 Å². The lowest BCUT2D eigenvalue weighted by Gasteiger charge is -2.32. The van der Waals surface area contributed by atoms with Crippen LogP contribution < -0.4 is 10.2 Å². The molecule has 0 spiro atoms. The Balaban J connectivity index is 1.60. The van der Waals surface area contributed by atoms with Crippen LogP contribution in [0, 0.1) is 0 Å². The van der Waals surface area contributed by atoms with Crippen LogP contribution in [-0.2, 0) is 20.7 Å². The number of ether oxygens (including phenoxy) is 1. The van der Waals surface area contributed by atoms with Crippen LogP contribution in [0.3, 0.4) is 0 Å². The number of likely N-dealkylation sites (N-methyl/N-ethyl adjacent to an activating group) is 2. The maximum absolute atomic E-state index is 13.6. The number of rotatable bonds is 7. The molecule has 0 bridgehead atoms. The van der Waals surface area contributed by atoms with E-state index in [1.165, 1.54) is 4.90 Å². The van der Waals surface area contributed by atoms with Crippen LogP contribution >= 0.6 is 0 Å². The van der Waals surface area contributed by atoms with Crippen molar-refractivity contribution in [3.05, 3.63) is 94.9 Å². The average Bonchev–Trinajstić information content (AvgIpc) is 3.46.